The molecule has 0 N–H and O–H groups in total. The molecule has 0 fully saturated rings. The number of benzene rings is 1. The number of carbonyl (C=O) groups excluding carboxylic acids is 1. The fraction of sp³-hybridized carbons (Fsp3) is 0.143. The highest BCUT2D eigenvalue weighted by Gasteiger charge is 2.35. The van der Waals surface area contributed by atoms with Gasteiger partial charge in [0.15, 0.2) is 5.78 Å². The minimum Gasteiger partial charge on any atom is -0.289 e. The number of aromatic nitrogens is 1. The zero-order valence-electron chi connectivity index (χ0n) is 10.3. The van der Waals surface area contributed by atoms with E-state index in [2.05, 4.69) is 20.9 Å². The Labute approximate surface area is 121 Å². The molecule has 1 heterocycles. The number of nitrogens with zero attached hydrogens (tertiary/aromatic N) is 1. The monoisotopic (exact) mass is 343 g/mol. The van der Waals surface area contributed by atoms with Gasteiger partial charge in [-0.25, -0.2) is 0 Å². The highest BCUT2D eigenvalue weighted by molar-refractivity contribution is 9.10. The number of carbonyl (C=O) groups is 1. The molecule has 2 aromatic rings. The van der Waals surface area contributed by atoms with Gasteiger partial charge in [-0.1, -0.05) is 15.9 Å². The molecule has 6 heteroatoms. The highest BCUT2D eigenvalue weighted by atomic mass is 79.9. The first-order valence-electron chi connectivity index (χ1n) is 5.63. The maximum Gasteiger partial charge on any atom is 0.417 e. The lowest BCUT2D eigenvalue weighted by atomic mass is 9.99. The molecule has 104 valence electrons. The molecule has 0 aliphatic rings. The molecule has 20 heavy (non-hydrogen) atoms. The molecule has 0 atom stereocenters. The summed E-state index contributed by atoms with van der Waals surface area (Å²) in [6.07, 6.45) is -2.62. The van der Waals surface area contributed by atoms with Crippen molar-refractivity contribution in [3.05, 3.63) is 63.4 Å². The average Bonchev–Trinajstić information content (AvgIpc) is 2.40. The third-order valence-electron chi connectivity index (χ3n) is 2.79. The smallest absolute Gasteiger partial charge is 0.289 e. The molecule has 2 rings (SSSR count). The Morgan fingerprint density at radius 2 is 1.95 bits per heavy atom. The number of alkyl halides is 3. The van der Waals surface area contributed by atoms with Gasteiger partial charge < -0.3 is 0 Å². The molecule has 0 spiro atoms. The van der Waals surface area contributed by atoms with Crippen LogP contribution in [0.25, 0.3) is 0 Å². The zero-order chi connectivity index (χ0) is 14.9. The van der Waals surface area contributed by atoms with Crippen LogP contribution < -0.4 is 0 Å². The molecule has 0 radical (unpaired) electrons. The van der Waals surface area contributed by atoms with E-state index in [-0.39, 0.29) is 5.56 Å². The SMILES string of the molecule is Cc1cc(C(=O)c2cnccc2C(F)(F)F)ccc1Br. The van der Waals surface area contributed by atoms with E-state index in [0.717, 1.165) is 28.5 Å². The standard InChI is InChI=1S/C14H9BrF3NO/c1-8-6-9(2-3-12(8)15)13(20)10-7-19-5-4-11(10)14(16,17)18/h2-7H,1H3. The van der Waals surface area contributed by atoms with E-state index in [1.165, 1.54) is 6.07 Å². The number of rotatable bonds is 2. The van der Waals surface area contributed by atoms with Crippen LogP contribution in [-0.4, -0.2) is 10.8 Å². The summed E-state index contributed by atoms with van der Waals surface area (Å²) in [6.45, 7) is 1.76. The van der Waals surface area contributed by atoms with Crippen molar-refractivity contribution in [3.63, 3.8) is 0 Å². The Bertz CT molecular complexity index is 668. The summed E-state index contributed by atoms with van der Waals surface area (Å²) in [7, 11) is 0. The van der Waals surface area contributed by atoms with Crippen LogP contribution in [0, 0.1) is 6.92 Å². The fourth-order valence-electron chi connectivity index (χ4n) is 1.76. The summed E-state index contributed by atoms with van der Waals surface area (Å²) < 4.78 is 39.4. The molecule has 0 unspecified atom stereocenters. The second-order valence-corrected chi connectivity index (χ2v) is 5.07. The number of hydrogen-bond acceptors (Lipinski definition) is 2. The first kappa shape index (κ1) is 14.7. The summed E-state index contributed by atoms with van der Waals surface area (Å²) in [6, 6.07) is 5.46. The van der Waals surface area contributed by atoms with Crippen molar-refractivity contribution in [3.8, 4) is 0 Å². The van der Waals surface area contributed by atoms with Crippen LogP contribution >= 0.6 is 15.9 Å². The lowest BCUT2D eigenvalue weighted by molar-refractivity contribution is -0.137. The third-order valence-corrected chi connectivity index (χ3v) is 3.68. The van der Waals surface area contributed by atoms with Gasteiger partial charge in [-0.05, 0) is 36.8 Å². The third kappa shape index (κ3) is 2.90. The number of halogens is 4. The Kier molecular flexibility index (Phi) is 3.94. The quantitative estimate of drug-likeness (QED) is 0.756. The number of aryl methyl sites for hydroxylation is 1. The second kappa shape index (κ2) is 5.36. The van der Waals surface area contributed by atoms with Gasteiger partial charge >= 0.3 is 6.18 Å². The zero-order valence-corrected chi connectivity index (χ0v) is 11.9. The largest absolute Gasteiger partial charge is 0.417 e. The van der Waals surface area contributed by atoms with Crippen LogP contribution in [0.3, 0.4) is 0 Å². The predicted molar refractivity (Wildman–Crippen MR) is 71.6 cm³/mol. The molecule has 0 saturated heterocycles. The van der Waals surface area contributed by atoms with Crippen LogP contribution in [-0.2, 0) is 6.18 Å². The van der Waals surface area contributed by atoms with Crippen LogP contribution in [0.2, 0.25) is 0 Å². The number of ketones is 1. The average molecular weight is 344 g/mol. The van der Waals surface area contributed by atoms with Crippen molar-refractivity contribution in [1.29, 1.82) is 0 Å². The van der Waals surface area contributed by atoms with E-state index < -0.39 is 23.1 Å². The minimum absolute atomic E-state index is 0.198. The van der Waals surface area contributed by atoms with Gasteiger partial charge in [0.1, 0.15) is 0 Å². The Balaban J connectivity index is 2.51. The van der Waals surface area contributed by atoms with E-state index >= 15 is 0 Å². The van der Waals surface area contributed by atoms with Crippen LogP contribution in [0.4, 0.5) is 13.2 Å². The molecule has 0 saturated carbocycles. The van der Waals surface area contributed by atoms with E-state index in [4.69, 9.17) is 0 Å². The highest BCUT2D eigenvalue weighted by Crippen LogP contribution is 2.32. The van der Waals surface area contributed by atoms with Crippen molar-refractivity contribution in [2.45, 2.75) is 13.1 Å². The molecule has 0 aliphatic heterocycles. The maximum atomic E-state index is 12.9. The summed E-state index contributed by atoms with van der Waals surface area (Å²) in [5.74, 6) is -0.693. The van der Waals surface area contributed by atoms with Gasteiger partial charge in [-0.2, -0.15) is 13.2 Å². The van der Waals surface area contributed by atoms with Crippen LogP contribution in [0.15, 0.2) is 41.1 Å². The van der Waals surface area contributed by atoms with Gasteiger partial charge in [-0.3, -0.25) is 9.78 Å². The molecule has 1 aromatic heterocycles. The van der Waals surface area contributed by atoms with E-state index in [9.17, 15) is 18.0 Å². The van der Waals surface area contributed by atoms with Gasteiger partial charge in [-0.15, -0.1) is 0 Å². The van der Waals surface area contributed by atoms with Crippen LogP contribution in [0.1, 0.15) is 27.0 Å². The van der Waals surface area contributed by atoms with Gasteiger partial charge in [0.25, 0.3) is 0 Å². The van der Waals surface area contributed by atoms with Crippen LogP contribution in [0.5, 0.6) is 0 Å². The van der Waals surface area contributed by atoms with Gasteiger partial charge in [0, 0.05) is 22.4 Å². The van der Waals surface area contributed by atoms with Crippen molar-refractivity contribution in [2.24, 2.45) is 0 Å². The predicted octanol–water partition coefficient (Wildman–Crippen LogP) is 4.40. The van der Waals surface area contributed by atoms with Gasteiger partial charge in [0.05, 0.1) is 11.1 Å². The first-order valence-corrected chi connectivity index (χ1v) is 6.42. The summed E-state index contributed by atoms with van der Waals surface area (Å²) >= 11 is 3.28. The van der Waals surface area contributed by atoms with E-state index in [1.54, 1.807) is 19.1 Å². The Morgan fingerprint density at radius 1 is 1.25 bits per heavy atom. The molecular weight excluding hydrogens is 335 g/mol. The summed E-state index contributed by atoms with van der Waals surface area (Å²) in [4.78, 5) is 15.8. The van der Waals surface area contributed by atoms with Crippen molar-refractivity contribution in [1.82, 2.24) is 4.98 Å². The molecule has 0 aliphatic carbocycles. The molecule has 2 nitrogen and oxygen atoms in total. The summed E-state index contributed by atoms with van der Waals surface area (Å²) in [5, 5.41) is 0. The molecular formula is C14H9BrF3NO. The van der Waals surface area contributed by atoms with Gasteiger partial charge in [0.2, 0.25) is 0 Å². The first-order chi connectivity index (χ1) is 9.30. The van der Waals surface area contributed by atoms with Crippen molar-refractivity contribution >= 4 is 21.7 Å². The number of pyridine rings is 1. The Morgan fingerprint density at radius 3 is 2.55 bits per heavy atom. The normalized spacial score (nSPS) is 11.4. The fourth-order valence-corrected chi connectivity index (χ4v) is 2.01. The lowest BCUT2D eigenvalue weighted by Gasteiger charge is -2.11. The van der Waals surface area contributed by atoms with E-state index in [1.807, 2.05) is 0 Å². The number of hydrogen-bond donors (Lipinski definition) is 0. The van der Waals surface area contributed by atoms with E-state index in [0.29, 0.717) is 0 Å². The lowest BCUT2D eigenvalue weighted by Crippen LogP contribution is -2.14. The molecule has 1 aromatic carbocycles. The topological polar surface area (TPSA) is 30.0 Å². The van der Waals surface area contributed by atoms with Crippen molar-refractivity contribution in [2.75, 3.05) is 0 Å². The second-order valence-electron chi connectivity index (χ2n) is 4.21. The van der Waals surface area contributed by atoms with Crippen molar-refractivity contribution < 1.29 is 18.0 Å². The maximum absolute atomic E-state index is 12.9. The molecule has 0 amide bonds. The summed E-state index contributed by atoms with van der Waals surface area (Å²) in [5.41, 5.74) is -0.447. The Hall–Kier alpha value is -1.69. The minimum atomic E-state index is -4.58. The molecule has 0 bridgehead atoms.